The van der Waals surface area contributed by atoms with E-state index in [-0.39, 0.29) is 11.6 Å². The maximum atomic E-state index is 14.1. The third-order valence-corrected chi connectivity index (χ3v) is 5.28. The molecule has 3 rings (SSSR count). The van der Waals surface area contributed by atoms with Gasteiger partial charge in [0.25, 0.3) is 0 Å². The molecule has 19 heavy (non-hydrogen) atoms. The van der Waals surface area contributed by atoms with Gasteiger partial charge in [0, 0.05) is 11.3 Å². The monoisotopic (exact) mass is 300 g/mol. The normalized spacial score (nSPS) is 23.3. The van der Waals surface area contributed by atoms with E-state index in [1.807, 2.05) is 0 Å². The number of nitrogens with zero attached hydrogens (tertiary/aromatic N) is 1. The van der Waals surface area contributed by atoms with Crippen LogP contribution in [0.25, 0.3) is 11.0 Å². The number of H-pyrrole nitrogens is 1. The van der Waals surface area contributed by atoms with Gasteiger partial charge in [0.1, 0.15) is 5.52 Å². The van der Waals surface area contributed by atoms with Gasteiger partial charge in [0.05, 0.1) is 5.52 Å². The molecule has 0 saturated heterocycles. The summed E-state index contributed by atoms with van der Waals surface area (Å²) in [5, 5.41) is 0.411. The summed E-state index contributed by atoms with van der Waals surface area (Å²) in [6.45, 7) is 0. The first-order chi connectivity index (χ1) is 9.13. The highest BCUT2D eigenvalue weighted by Crippen LogP contribution is 2.39. The second-order valence-corrected chi connectivity index (χ2v) is 6.29. The summed E-state index contributed by atoms with van der Waals surface area (Å²) in [5.41, 5.74) is 0.839. The zero-order chi connectivity index (χ0) is 13.6. The Balaban J connectivity index is 2.25. The Bertz CT molecular complexity index is 677. The van der Waals surface area contributed by atoms with Crippen molar-refractivity contribution in [1.29, 1.82) is 0 Å². The van der Waals surface area contributed by atoms with Crippen molar-refractivity contribution in [2.45, 2.75) is 30.6 Å². The van der Waals surface area contributed by atoms with Gasteiger partial charge >= 0.3 is 0 Å². The molecule has 1 aliphatic rings. The van der Waals surface area contributed by atoms with Crippen molar-refractivity contribution in [3.8, 4) is 0 Å². The number of thioether (sulfide) groups is 1. The highest BCUT2D eigenvalue weighted by molar-refractivity contribution is 7.99. The van der Waals surface area contributed by atoms with Crippen LogP contribution in [0.15, 0.2) is 12.1 Å². The van der Waals surface area contributed by atoms with Crippen LogP contribution in [0.3, 0.4) is 0 Å². The molecule has 102 valence electrons. The lowest BCUT2D eigenvalue weighted by Gasteiger charge is -2.20. The lowest BCUT2D eigenvalue weighted by atomic mass is 10.2. The van der Waals surface area contributed by atoms with Crippen LogP contribution in [0.5, 0.6) is 0 Å². The van der Waals surface area contributed by atoms with Gasteiger partial charge in [-0.05, 0) is 43.4 Å². The summed E-state index contributed by atoms with van der Waals surface area (Å²) in [4.78, 5) is 2.98. The Labute approximate surface area is 119 Å². The van der Waals surface area contributed by atoms with Gasteiger partial charge in [0.2, 0.25) is 0 Å². The van der Waals surface area contributed by atoms with E-state index in [0.29, 0.717) is 15.5 Å². The van der Waals surface area contributed by atoms with E-state index in [1.54, 1.807) is 22.4 Å². The van der Waals surface area contributed by atoms with Crippen LogP contribution in [0, 0.1) is 16.4 Å². The molecule has 1 aromatic carbocycles. The minimum Gasteiger partial charge on any atom is -0.330 e. The second-order valence-electron chi connectivity index (χ2n) is 4.83. The summed E-state index contributed by atoms with van der Waals surface area (Å²) < 4.78 is 29.8. The Hall–Kier alpha value is -0.880. The molecular formula is C13H14F2N2S2. The van der Waals surface area contributed by atoms with E-state index in [2.05, 4.69) is 11.2 Å². The van der Waals surface area contributed by atoms with E-state index >= 15 is 0 Å². The lowest BCUT2D eigenvalue weighted by Crippen LogP contribution is -2.16. The maximum absolute atomic E-state index is 14.1. The number of aromatic amines is 1. The number of imidazole rings is 1. The largest absolute Gasteiger partial charge is 0.330 e. The van der Waals surface area contributed by atoms with E-state index in [1.165, 1.54) is 0 Å². The number of nitrogens with one attached hydrogen (secondary N) is 1. The van der Waals surface area contributed by atoms with Crippen LogP contribution < -0.4 is 0 Å². The molecule has 1 aliphatic carbocycles. The van der Waals surface area contributed by atoms with Gasteiger partial charge in [-0.25, -0.2) is 8.78 Å². The summed E-state index contributed by atoms with van der Waals surface area (Å²) >= 11 is 7.07. The number of aromatic nitrogens is 2. The highest BCUT2D eigenvalue weighted by atomic mass is 32.2. The minimum atomic E-state index is -0.825. The number of benzene rings is 1. The molecular weight excluding hydrogens is 286 g/mol. The van der Waals surface area contributed by atoms with Gasteiger partial charge in [-0.3, -0.25) is 0 Å². The fourth-order valence-electron chi connectivity index (χ4n) is 2.95. The van der Waals surface area contributed by atoms with E-state index < -0.39 is 11.6 Å². The molecule has 6 heteroatoms. The van der Waals surface area contributed by atoms with Crippen molar-refractivity contribution in [1.82, 2.24) is 9.55 Å². The zero-order valence-corrected chi connectivity index (χ0v) is 12.1. The molecule has 0 radical (unpaired) electrons. The summed E-state index contributed by atoms with van der Waals surface area (Å²) in [7, 11) is 0. The second kappa shape index (κ2) is 4.90. The van der Waals surface area contributed by atoms with Crippen LogP contribution in [0.1, 0.15) is 25.3 Å². The first kappa shape index (κ1) is 13.1. The SMILES string of the molecule is CSC1CCCC1n1c(=S)[nH]c2ccc(F)c(F)c21. The Morgan fingerprint density at radius 1 is 1.37 bits per heavy atom. The lowest BCUT2D eigenvalue weighted by molar-refractivity contribution is 0.494. The molecule has 0 spiro atoms. The molecule has 1 heterocycles. The topological polar surface area (TPSA) is 20.7 Å². The van der Waals surface area contributed by atoms with Crippen molar-refractivity contribution in [2.24, 2.45) is 0 Å². The van der Waals surface area contributed by atoms with Crippen molar-refractivity contribution >= 4 is 35.0 Å². The molecule has 0 bridgehead atoms. The van der Waals surface area contributed by atoms with Crippen LogP contribution in [-0.4, -0.2) is 21.1 Å². The average Bonchev–Trinajstić information content (AvgIpc) is 2.97. The van der Waals surface area contributed by atoms with Gasteiger partial charge in [-0.2, -0.15) is 11.8 Å². The predicted molar refractivity (Wildman–Crippen MR) is 77.2 cm³/mol. The van der Waals surface area contributed by atoms with Crippen molar-refractivity contribution in [2.75, 3.05) is 6.26 Å². The van der Waals surface area contributed by atoms with Gasteiger partial charge < -0.3 is 9.55 Å². The van der Waals surface area contributed by atoms with Gasteiger partial charge in [-0.15, -0.1) is 0 Å². The molecule has 1 aromatic heterocycles. The van der Waals surface area contributed by atoms with Gasteiger partial charge in [0.15, 0.2) is 16.4 Å². The standard InChI is InChI=1S/C13H14F2N2S2/c1-19-10-4-2-3-9(10)17-12-8(16-13(17)18)6-5-7(14)11(12)15/h5-6,9-10H,2-4H2,1H3,(H,16,18). The molecule has 0 aliphatic heterocycles. The molecule has 2 aromatic rings. The molecule has 2 nitrogen and oxygen atoms in total. The number of rotatable bonds is 2. The zero-order valence-electron chi connectivity index (χ0n) is 10.5. The minimum absolute atomic E-state index is 0.146. The Morgan fingerprint density at radius 3 is 2.89 bits per heavy atom. The van der Waals surface area contributed by atoms with Crippen molar-refractivity contribution < 1.29 is 8.78 Å². The third kappa shape index (κ3) is 2.01. The smallest absolute Gasteiger partial charge is 0.184 e. The van der Waals surface area contributed by atoms with Crippen molar-refractivity contribution in [3.63, 3.8) is 0 Å². The molecule has 2 atom stereocenters. The average molecular weight is 300 g/mol. The van der Waals surface area contributed by atoms with Crippen LogP contribution in [0.2, 0.25) is 0 Å². The Morgan fingerprint density at radius 2 is 2.16 bits per heavy atom. The summed E-state index contributed by atoms with van der Waals surface area (Å²) in [5.74, 6) is -1.63. The molecule has 0 amide bonds. The molecule has 1 N–H and O–H groups in total. The van der Waals surface area contributed by atoms with E-state index in [9.17, 15) is 8.78 Å². The summed E-state index contributed by atoms with van der Waals surface area (Å²) in [6, 6.07) is 2.82. The number of hydrogen-bond acceptors (Lipinski definition) is 2. The van der Waals surface area contributed by atoms with Crippen LogP contribution in [0.4, 0.5) is 8.78 Å². The van der Waals surface area contributed by atoms with Crippen LogP contribution >= 0.6 is 24.0 Å². The van der Waals surface area contributed by atoms with E-state index in [4.69, 9.17) is 12.2 Å². The number of hydrogen-bond donors (Lipinski definition) is 1. The first-order valence-corrected chi connectivity index (χ1v) is 7.94. The predicted octanol–water partition coefficient (Wildman–Crippen LogP) is 4.43. The number of halogens is 2. The molecule has 1 saturated carbocycles. The van der Waals surface area contributed by atoms with E-state index in [0.717, 1.165) is 25.3 Å². The number of fused-ring (bicyclic) bond motifs is 1. The fourth-order valence-corrected chi connectivity index (χ4v) is 4.26. The highest BCUT2D eigenvalue weighted by Gasteiger charge is 2.30. The third-order valence-electron chi connectivity index (χ3n) is 3.82. The molecule has 1 fully saturated rings. The molecule has 2 unspecified atom stereocenters. The first-order valence-electron chi connectivity index (χ1n) is 6.24. The van der Waals surface area contributed by atoms with Crippen LogP contribution in [-0.2, 0) is 0 Å². The summed E-state index contributed by atoms with van der Waals surface area (Å²) in [6.07, 6.45) is 5.21. The fraction of sp³-hybridized carbons (Fsp3) is 0.462. The van der Waals surface area contributed by atoms with Gasteiger partial charge in [-0.1, -0.05) is 6.42 Å². The maximum Gasteiger partial charge on any atom is 0.184 e. The Kier molecular flexibility index (Phi) is 3.39. The quantitative estimate of drug-likeness (QED) is 0.828. The van der Waals surface area contributed by atoms with Crippen molar-refractivity contribution in [3.05, 3.63) is 28.5 Å².